The average Bonchev–Trinajstić information content (AvgIpc) is 2.85. The van der Waals surface area contributed by atoms with Crippen LogP contribution in [0.15, 0.2) is 0 Å². The maximum absolute atomic E-state index is 12.7. The van der Waals surface area contributed by atoms with Crippen molar-refractivity contribution < 1.29 is 9.59 Å². The molecular weight excluding hydrogens is 280 g/mol. The first-order chi connectivity index (χ1) is 10.4. The molecule has 2 N–H and O–H groups in total. The molecule has 0 radical (unpaired) electrons. The van der Waals surface area contributed by atoms with Crippen molar-refractivity contribution in [1.29, 1.82) is 0 Å². The Kier molecular flexibility index (Phi) is 5.81. The van der Waals surface area contributed by atoms with E-state index in [2.05, 4.69) is 4.90 Å². The van der Waals surface area contributed by atoms with Crippen LogP contribution in [-0.2, 0) is 9.59 Å². The third-order valence-electron chi connectivity index (χ3n) is 4.89. The number of carbonyl (C=O) groups excluding carboxylic acids is 2. The van der Waals surface area contributed by atoms with E-state index in [1.165, 1.54) is 0 Å². The predicted molar refractivity (Wildman–Crippen MR) is 86.2 cm³/mol. The van der Waals surface area contributed by atoms with Gasteiger partial charge in [-0.15, -0.1) is 0 Å². The first-order valence-corrected chi connectivity index (χ1v) is 8.35. The SMILES string of the molecule is CC(N)C1CCCN(C(=O)C2CC(=O)N(CCN(C)C)C2)C1. The van der Waals surface area contributed by atoms with Crippen molar-refractivity contribution in [3.05, 3.63) is 0 Å². The molecule has 0 spiro atoms. The third-order valence-corrected chi connectivity index (χ3v) is 4.89. The maximum Gasteiger partial charge on any atom is 0.228 e. The number of amides is 2. The Bertz CT molecular complexity index is 411. The van der Waals surface area contributed by atoms with Gasteiger partial charge in [0.25, 0.3) is 0 Å². The smallest absolute Gasteiger partial charge is 0.228 e. The highest BCUT2D eigenvalue weighted by Crippen LogP contribution is 2.24. The highest BCUT2D eigenvalue weighted by Gasteiger charge is 2.37. The van der Waals surface area contributed by atoms with Crippen LogP contribution in [0.25, 0.3) is 0 Å². The van der Waals surface area contributed by atoms with E-state index in [1.807, 2.05) is 30.8 Å². The molecule has 6 heteroatoms. The van der Waals surface area contributed by atoms with E-state index in [9.17, 15) is 9.59 Å². The Labute approximate surface area is 133 Å². The van der Waals surface area contributed by atoms with Crippen LogP contribution in [0, 0.1) is 11.8 Å². The van der Waals surface area contributed by atoms with Gasteiger partial charge >= 0.3 is 0 Å². The van der Waals surface area contributed by atoms with Crippen molar-refractivity contribution in [3.63, 3.8) is 0 Å². The summed E-state index contributed by atoms with van der Waals surface area (Å²) in [5, 5.41) is 0. The molecule has 2 rings (SSSR count). The highest BCUT2D eigenvalue weighted by atomic mass is 16.2. The molecule has 2 heterocycles. The van der Waals surface area contributed by atoms with Gasteiger partial charge in [-0.2, -0.15) is 0 Å². The van der Waals surface area contributed by atoms with Gasteiger partial charge in [0.05, 0.1) is 5.92 Å². The molecular formula is C16H30N4O2. The van der Waals surface area contributed by atoms with Crippen LogP contribution in [-0.4, -0.2) is 79.4 Å². The molecule has 0 aromatic heterocycles. The second kappa shape index (κ2) is 7.42. The summed E-state index contributed by atoms with van der Waals surface area (Å²) in [5.41, 5.74) is 5.99. The van der Waals surface area contributed by atoms with Crippen LogP contribution < -0.4 is 5.73 Å². The Morgan fingerprint density at radius 1 is 1.41 bits per heavy atom. The largest absolute Gasteiger partial charge is 0.342 e. The summed E-state index contributed by atoms with van der Waals surface area (Å²) >= 11 is 0. The zero-order valence-electron chi connectivity index (χ0n) is 14.1. The van der Waals surface area contributed by atoms with Crippen molar-refractivity contribution in [3.8, 4) is 0 Å². The molecule has 0 saturated carbocycles. The van der Waals surface area contributed by atoms with E-state index in [-0.39, 0.29) is 23.8 Å². The molecule has 0 aromatic carbocycles. The van der Waals surface area contributed by atoms with Crippen molar-refractivity contribution in [2.24, 2.45) is 17.6 Å². The van der Waals surface area contributed by atoms with E-state index in [0.29, 0.717) is 25.4 Å². The quantitative estimate of drug-likeness (QED) is 0.775. The molecule has 2 aliphatic rings. The zero-order chi connectivity index (χ0) is 16.3. The summed E-state index contributed by atoms with van der Waals surface area (Å²) in [4.78, 5) is 30.6. The summed E-state index contributed by atoms with van der Waals surface area (Å²) in [6, 6.07) is 0.123. The number of nitrogens with two attached hydrogens (primary N) is 1. The second-order valence-electron chi connectivity index (χ2n) is 7.09. The number of likely N-dealkylation sites (N-methyl/N-ethyl adjacent to an activating group) is 1. The van der Waals surface area contributed by atoms with Crippen molar-refractivity contribution >= 4 is 11.8 Å². The summed E-state index contributed by atoms with van der Waals surface area (Å²) in [7, 11) is 3.98. The van der Waals surface area contributed by atoms with Crippen LogP contribution in [0.1, 0.15) is 26.2 Å². The fourth-order valence-electron chi connectivity index (χ4n) is 3.37. The van der Waals surface area contributed by atoms with Crippen LogP contribution in [0.5, 0.6) is 0 Å². The van der Waals surface area contributed by atoms with Crippen LogP contribution in [0.2, 0.25) is 0 Å². The fourth-order valence-corrected chi connectivity index (χ4v) is 3.37. The van der Waals surface area contributed by atoms with Crippen molar-refractivity contribution in [1.82, 2.24) is 14.7 Å². The lowest BCUT2D eigenvalue weighted by atomic mass is 9.91. The average molecular weight is 310 g/mol. The van der Waals surface area contributed by atoms with Gasteiger partial charge in [0, 0.05) is 45.2 Å². The molecule has 22 heavy (non-hydrogen) atoms. The number of likely N-dealkylation sites (tertiary alicyclic amines) is 2. The second-order valence-corrected chi connectivity index (χ2v) is 7.09. The van der Waals surface area contributed by atoms with Crippen LogP contribution in [0.3, 0.4) is 0 Å². The maximum atomic E-state index is 12.7. The summed E-state index contributed by atoms with van der Waals surface area (Å²) in [6.07, 6.45) is 2.48. The molecule has 3 unspecified atom stereocenters. The highest BCUT2D eigenvalue weighted by molar-refractivity contribution is 5.89. The lowest BCUT2D eigenvalue weighted by molar-refractivity contribution is -0.137. The molecule has 2 fully saturated rings. The topological polar surface area (TPSA) is 69.9 Å². The minimum Gasteiger partial charge on any atom is -0.342 e. The molecule has 2 amide bonds. The molecule has 0 bridgehead atoms. The van der Waals surface area contributed by atoms with Gasteiger partial charge in [-0.3, -0.25) is 9.59 Å². The van der Waals surface area contributed by atoms with E-state index < -0.39 is 0 Å². The van der Waals surface area contributed by atoms with Crippen LogP contribution in [0.4, 0.5) is 0 Å². The van der Waals surface area contributed by atoms with E-state index in [4.69, 9.17) is 5.73 Å². The van der Waals surface area contributed by atoms with Gasteiger partial charge in [0.1, 0.15) is 0 Å². The van der Waals surface area contributed by atoms with Crippen molar-refractivity contribution in [2.45, 2.75) is 32.2 Å². The Morgan fingerprint density at radius 2 is 2.14 bits per heavy atom. The van der Waals surface area contributed by atoms with Gasteiger partial charge in [-0.1, -0.05) is 0 Å². The fraction of sp³-hybridized carbons (Fsp3) is 0.875. The number of rotatable bonds is 5. The molecule has 3 atom stereocenters. The number of carbonyl (C=O) groups is 2. The van der Waals surface area contributed by atoms with Gasteiger partial charge in [-0.05, 0) is 39.8 Å². The minimum absolute atomic E-state index is 0.112. The standard InChI is InChI=1S/C16H30N4O2/c1-12(17)13-5-4-6-20(10-13)16(22)14-9-15(21)19(11-14)8-7-18(2)3/h12-14H,4-11,17H2,1-3H3. The predicted octanol–water partition coefficient (Wildman–Crippen LogP) is -0.0177. The Hall–Kier alpha value is -1.14. The Balaban J connectivity index is 1.89. The lowest BCUT2D eigenvalue weighted by Gasteiger charge is -2.35. The van der Waals surface area contributed by atoms with Gasteiger partial charge in [-0.25, -0.2) is 0 Å². The first kappa shape index (κ1) is 17.2. The van der Waals surface area contributed by atoms with E-state index in [0.717, 1.165) is 32.5 Å². The van der Waals surface area contributed by atoms with Crippen molar-refractivity contribution in [2.75, 3.05) is 46.8 Å². The molecule has 6 nitrogen and oxygen atoms in total. The number of piperidine rings is 1. The zero-order valence-corrected chi connectivity index (χ0v) is 14.1. The monoisotopic (exact) mass is 310 g/mol. The molecule has 0 aromatic rings. The number of hydrogen-bond donors (Lipinski definition) is 1. The molecule has 2 aliphatic heterocycles. The molecule has 2 saturated heterocycles. The van der Waals surface area contributed by atoms with E-state index >= 15 is 0 Å². The number of hydrogen-bond acceptors (Lipinski definition) is 4. The van der Waals surface area contributed by atoms with Gasteiger partial charge < -0.3 is 20.4 Å². The number of nitrogens with zero attached hydrogens (tertiary/aromatic N) is 3. The first-order valence-electron chi connectivity index (χ1n) is 8.35. The van der Waals surface area contributed by atoms with Gasteiger partial charge in [0.15, 0.2) is 0 Å². The van der Waals surface area contributed by atoms with E-state index in [1.54, 1.807) is 0 Å². The third kappa shape index (κ3) is 4.20. The summed E-state index contributed by atoms with van der Waals surface area (Å²) < 4.78 is 0. The normalized spacial score (nSPS) is 27.6. The Morgan fingerprint density at radius 3 is 2.77 bits per heavy atom. The van der Waals surface area contributed by atoms with Crippen LogP contribution >= 0.6 is 0 Å². The summed E-state index contributed by atoms with van der Waals surface area (Å²) in [5.74, 6) is 0.480. The lowest BCUT2D eigenvalue weighted by Crippen LogP contribution is -2.47. The van der Waals surface area contributed by atoms with Gasteiger partial charge in [0.2, 0.25) is 11.8 Å². The molecule has 0 aliphatic carbocycles. The minimum atomic E-state index is -0.165. The molecule has 126 valence electrons. The summed E-state index contributed by atoms with van der Waals surface area (Å²) in [6.45, 7) is 5.69.